The molecule has 0 aliphatic carbocycles. The summed E-state index contributed by atoms with van der Waals surface area (Å²) in [5.74, 6) is -0.819. The first kappa shape index (κ1) is 46.7. The van der Waals surface area contributed by atoms with E-state index < -0.39 is 36.0 Å². The van der Waals surface area contributed by atoms with Crippen molar-refractivity contribution in [3.05, 3.63) is 29.8 Å². The first-order chi connectivity index (χ1) is 22.8. The Hall–Kier alpha value is -4.40. The summed E-state index contributed by atoms with van der Waals surface area (Å²) in [5.41, 5.74) is 17.0. The Bertz CT molecular complexity index is 1160. The van der Waals surface area contributed by atoms with E-state index in [0.29, 0.717) is 30.1 Å². The van der Waals surface area contributed by atoms with Gasteiger partial charge < -0.3 is 42.8 Å². The highest BCUT2D eigenvalue weighted by Crippen LogP contribution is 2.13. The zero-order valence-corrected chi connectivity index (χ0v) is 31.1. The third kappa shape index (κ3) is 22.0. The van der Waals surface area contributed by atoms with Crippen LogP contribution < -0.4 is 33.2 Å². The topological polar surface area (TPSA) is 232 Å². The van der Waals surface area contributed by atoms with Crippen molar-refractivity contribution in [1.82, 2.24) is 20.4 Å². The quantitative estimate of drug-likeness (QED) is 0.150. The third-order valence-electron chi connectivity index (χ3n) is 6.79. The molecule has 280 valence electrons. The number of hydrogen-bond donors (Lipinski definition) is 6. The molecule has 0 radical (unpaired) electrons. The van der Waals surface area contributed by atoms with Crippen molar-refractivity contribution in [3.63, 3.8) is 0 Å². The number of rotatable bonds is 16. The number of anilines is 1. The Morgan fingerprint density at radius 3 is 1.82 bits per heavy atom. The third-order valence-corrected chi connectivity index (χ3v) is 6.79. The molecule has 0 fully saturated rings. The van der Waals surface area contributed by atoms with E-state index in [9.17, 15) is 28.8 Å². The summed E-state index contributed by atoms with van der Waals surface area (Å²) in [6.45, 7) is 16.8. The van der Waals surface area contributed by atoms with Gasteiger partial charge in [-0.15, -0.1) is 0 Å². The fourth-order valence-electron chi connectivity index (χ4n) is 4.02. The largest absolute Gasteiger partial charge is 0.445 e. The molecule has 0 saturated carbocycles. The normalized spacial score (nSPS) is 11.6. The first-order valence-corrected chi connectivity index (χ1v) is 16.7. The van der Waals surface area contributed by atoms with Gasteiger partial charge in [0.1, 0.15) is 12.6 Å². The van der Waals surface area contributed by atoms with Crippen LogP contribution in [0.15, 0.2) is 24.3 Å². The summed E-state index contributed by atoms with van der Waals surface area (Å²) >= 11 is 0. The van der Waals surface area contributed by atoms with Gasteiger partial charge in [0.25, 0.3) is 0 Å². The Labute approximate surface area is 292 Å². The number of benzene rings is 1. The molecule has 1 aromatic rings. The molecule has 0 saturated heterocycles. The number of carbonyl (C=O) groups is 6. The van der Waals surface area contributed by atoms with Gasteiger partial charge in [-0.05, 0) is 48.3 Å². The van der Waals surface area contributed by atoms with Crippen LogP contribution in [0.1, 0.15) is 80.2 Å². The number of likely N-dealkylation sites (N-methyl/N-ethyl adjacent to an activating group) is 1. The fraction of sp³-hybridized carbons (Fsp3) is 0.647. The highest BCUT2D eigenvalue weighted by molar-refractivity contribution is 5.95. The van der Waals surface area contributed by atoms with Gasteiger partial charge in [-0.2, -0.15) is 0 Å². The standard InChI is InChI=1S/C21H33N5O5.C9H19NO.C4H10N2O/c1-12(2)17(22)20(29)24-10-16(27)25-15-8-6-14(7-9-15)11-31-21(30)26(5)18(13(3)4)19(23)28;1-5-6-10(4)9(11)7-8(2)3;1-2-3-6-4(5)7/h6-9,12-13,17-18H,10-11,22H2,1-5H3,(H2,23,28)(H,24,29)(H,25,27);8H,5-7H2,1-4H3;2-3H2,1H3,(H3,5,6,7). The van der Waals surface area contributed by atoms with Crippen LogP contribution in [-0.2, 0) is 30.5 Å². The lowest BCUT2D eigenvalue weighted by molar-refractivity contribution is -0.130. The molecule has 15 heteroatoms. The van der Waals surface area contributed by atoms with Crippen LogP contribution in [0.2, 0.25) is 0 Å². The van der Waals surface area contributed by atoms with Crippen molar-refractivity contribution >= 4 is 41.4 Å². The summed E-state index contributed by atoms with van der Waals surface area (Å²) in [6, 6.07) is 4.78. The van der Waals surface area contributed by atoms with E-state index in [1.165, 1.54) is 11.9 Å². The highest BCUT2D eigenvalue weighted by atomic mass is 16.6. The average molecular weight is 695 g/mol. The molecule has 0 bridgehead atoms. The molecule has 9 N–H and O–H groups in total. The molecular formula is C34H62N8O7. The number of nitrogens with zero attached hydrogens (tertiary/aromatic N) is 2. The molecule has 0 heterocycles. The Morgan fingerprint density at radius 1 is 0.837 bits per heavy atom. The second-order valence-electron chi connectivity index (χ2n) is 12.7. The van der Waals surface area contributed by atoms with E-state index >= 15 is 0 Å². The van der Waals surface area contributed by atoms with E-state index in [4.69, 9.17) is 21.9 Å². The van der Waals surface area contributed by atoms with Crippen LogP contribution in [0.5, 0.6) is 0 Å². The molecule has 15 nitrogen and oxygen atoms in total. The van der Waals surface area contributed by atoms with Crippen molar-refractivity contribution in [2.24, 2.45) is 35.0 Å². The molecule has 49 heavy (non-hydrogen) atoms. The van der Waals surface area contributed by atoms with E-state index in [1.807, 2.05) is 27.8 Å². The second kappa shape index (κ2) is 25.6. The Morgan fingerprint density at radius 2 is 1.41 bits per heavy atom. The maximum atomic E-state index is 12.2. The maximum Gasteiger partial charge on any atom is 0.410 e. The van der Waals surface area contributed by atoms with Gasteiger partial charge in [0.15, 0.2) is 0 Å². The van der Waals surface area contributed by atoms with Gasteiger partial charge in [0, 0.05) is 39.3 Å². The number of hydrogen-bond acceptors (Lipinski definition) is 8. The van der Waals surface area contributed by atoms with E-state index in [1.54, 1.807) is 43.0 Å². The number of amides is 7. The summed E-state index contributed by atoms with van der Waals surface area (Å²) in [7, 11) is 3.33. The van der Waals surface area contributed by atoms with Crippen molar-refractivity contribution in [1.29, 1.82) is 0 Å². The monoisotopic (exact) mass is 694 g/mol. The van der Waals surface area contributed by atoms with Crippen molar-refractivity contribution < 1.29 is 33.5 Å². The molecule has 0 spiro atoms. The molecule has 0 aliphatic heterocycles. The van der Waals surface area contributed by atoms with E-state index in [-0.39, 0.29) is 36.8 Å². The molecule has 7 amide bonds. The van der Waals surface area contributed by atoms with Gasteiger partial charge in [-0.1, -0.05) is 67.5 Å². The fourth-order valence-corrected chi connectivity index (χ4v) is 4.02. The van der Waals surface area contributed by atoms with Crippen LogP contribution >= 0.6 is 0 Å². The SMILES string of the molecule is CC(C)C(N)C(=O)NCC(=O)Nc1ccc(COC(=O)N(C)C(C(N)=O)C(C)C)cc1.CCCN(C)C(=O)CC(C)C.CCCNC(N)=O. The van der Waals surface area contributed by atoms with Gasteiger partial charge in [0.2, 0.25) is 23.6 Å². The van der Waals surface area contributed by atoms with Crippen molar-refractivity contribution in [2.45, 2.75) is 93.3 Å². The number of ether oxygens (including phenoxy) is 1. The van der Waals surface area contributed by atoms with Crippen LogP contribution in [0.3, 0.4) is 0 Å². The summed E-state index contributed by atoms with van der Waals surface area (Å²) in [5, 5.41) is 7.58. The lowest BCUT2D eigenvalue weighted by atomic mass is 10.0. The van der Waals surface area contributed by atoms with Crippen molar-refractivity contribution in [3.8, 4) is 0 Å². The minimum absolute atomic E-state index is 0.00980. The van der Waals surface area contributed by atoms with Crippen molar-refractivity contribution in [2.75, 3.05) is 39.0 Å². The molecular weight excluding hydrogens is 632 g/mol. The zero-order chi connectivity index (χ0) is 38.3. The van der Waals surface area contributed by atoms with Crippen LogP contribution in [0.25, 0.3) is 0 Å². The lowest BCUT2D eigenvalue weighted by Crippen LogP contribution is -2.48. The van der Waals surface area contributed by atoms with Gasteiger partial charge >= 0.3 is 12.1 Å². The van der Waals surface area contributed by atoms with Gasteiger partial charge in [-0.3, -0.25) is 24.1 Å². The number of urea groups is 1. The van der Waals surface area contributed by atoms with Crippen LogP contribution in [-0.4, -0.2) is 91.4 Å². The van der Waals surface area contributed by atoms with Crippen LogP contribution in [0, 0.1) is 17.8 Å². The molecule has 2 unspecified atom stereocenters. The smallest absolute Gasteiger partial charge is 0.410 e. The second-order valence-corrected chi connectivity index (χ2v) is 12.7. The zero-order valence-electron chi connectivity index (χ0n) is 31.1. The highest BCUT2D eigenvalue weighted by Gasteiger charge is 2.29. The molecule has 0 aromatic heterocycles. The maximum absolute atomic E-state index is 12.2. The predicted molar refractivity (Wildman–Crippen MR) is 192 cm³/mol. The van der Waals surface area contributed by atoms with E-state index in [0.717, 1.165) is 19.4 Å². The van der Waals surface area contributed by atoms with Gasteiger partial charge in [0.05, 0.1) is 12.6 Å². The molecule has 1 aromatic carbocycles. The van der Waals surface area contributed by atoms with Crippen LogP contribution in [0.4, 0.5) is 15.3 Å². The predicted octanol–water partition coefficient (Wildman–Crippen LogP) is 2.77. The molecule has 0 aliphatic rings. The number of nitrogens with two attached hydrogens (primary N) is 3. The average Bonchev–Trinajstić information content (AvgIpc) is 3.01. The first-order valence-electron chi connectivity index (χ1n) is 16.7. The Balaban J connectivity index is 0. The Kier molecular flexibility index (Phi) is 24.4. The van der Waals surface area contributed by atoms with E-state index in [2.05, 4.69) is 36.7 Å². The minimum Gasteiger partial charge on any atom is -0.445 e. The summed E-state index contributed by atoms with van der Waals surface area (Å²) < 4.78 is 5.23. The number of carbonyl (C=O) groups excluding carboxylic acids is 6. The lowest BCUT2D eigenvalue weighted by Gasteiger charge is -2.27. The number of primary amides is 2. The number of nitrogens with one attached hydrogen (secondary N) is 3. The summed E-state index contributed by atoms with van der Waals surface area (Å²) in [4.78, 5) is 71.6. The molecule has 1 rings (SSSR count). The van der Waals surface area contributed by atoms with Gasteiger partial charge in [-0.25, -0.2) is 9.59 Å². The minimum atomic E-state index is -0.763. The molecule has 2 atom stereocenters. The summed E-state index contributed by atoms with van der Waals surface area (Å²) in [6.07, 6.45) is 1.99.